The van der Waals surface area contributed by atoms with E-state index in [4.69, 9.17) is 16.3 Å². The fourth-order valence-electron chi connectivity index (χ4n) is 4.23. The standard InChI is InChI=1S/C25H31ClN4O2/c1-17-18(2)28-24-21(17)14-20(15-23(24)27-16-19-6-4-5-7-22(19)26)25(31)30-10-8-29(9-11-30)12-13-32-3/h4-7,14-15,27-28H,8-13,16H2,1-3H3. The normalized spacial score (nSPS) is 14.8. The van der Waals surface area contributed by atoms with Crippen LogP contribution in [0, 0.1) is 13.8 Å². The molecule has 2 aromatic carbocycles. The number of benzene rings is 2. The summed E-state index contributed by atoms with van der Waals surface area (Å²) >= 11 is 6.34. The van der Waals surface area contributed by atoms with Crippen LogP contribution in [-0.4, -0.2) is 67.1 Å². The second-order valence-corrected chi connectivity index (χ2v) is 8.80. The molecule has 3 aromatic rings. The van der Waals surface area contributed by atoms with Crippen molar-refractivity contribution in [1.29, 1.82) is 0 Å². The van der Waals surface area contributed by atoms with Gasteiger partial charge in [0.15, 0.2) is 0 Å². The Balaban J connectivity index is 1.57. The number of aryl methyl sites for hydroxylation is 2. The smallest absolute Gasteiger partial charge is 0.254 e. The summed E-state index contributed by atoms with van der Waals surface area (Å²) in [6.45, 7) is 9.57. The van der Waals surface area contributed by atoms with Gasteiger partial charge in [0.05, 0.1) is 17.8 Å². The first-order valence-electron chi connectivity index (χ1n) is 11.1. The van der Waals surface area contributed by atoms with Gasteiger partial charge in [-0.1, -0.05) is 29.8 Å². The van der Waals surface area contributed by atoms with Gasteiger partial charge in [-0.2, -0.15) is 0 Å². The zero-order chi connectivity index (χ0) is 22.7. The number of carbonyl (C=O) groups is 1. The average Bonchev–Trinajstić information content (AvgIpc) is 3.10. The minimum absolute atomic E-state index is 0.0809. The Hall–Kier alpha value is -2.54. The lowest BCUT2D eigenvalue weighted by Crippen LogP contribution is -2.49. The van der Waals surface area contributed by atoms with Gasteiger partial charge in [-0.05, 0) is 43.2 Å². The molecule has 0 saturated carbocycles. The number of aromatic nitrogens is 1. The van der Waals surface area contributed by atoms with E-state index in [1.807, 2.05) is 41.3 Å². The van der Waals surface area contributed by atoms with Gasteiger partial charge in [-0.15, -0.1) is 0 Å². The van der Waals surface area contributed by atoms with Crippen LogP contribution in [0.15, 0.2) is 36.4 Å². The van der Waals surface area contributed by atoms with Crippen molar-refractivity contribution in [1.82, 2.24) is 14.8 Å². The number of halogens is 1. The molecule has 0 atom stereocenters. The van der Waals surface area contributed by atoms with E-state index >= 15 is 0 Å². The quantitative estimate of drug-likeness (QED) is 0.553. The molecule has 0 spiro atoms. The third kappa shape index (κ3) is 4.77. The van der Waals surface area contributed by atoms with Crippen molar-refractivity contribution >= 4 is 34.1 Å². The second-order valence-electron chi connectivity index (χ2n) is 8.39. The largest absolute Gasteiger partial charge is 0.383 e. The summed E-state index contributed by atoms with van der Waals surface area (Å²) in [6.07, 6.45) is 0. The summed E-state index contributed by atoms with van der Waals surface area (Å²) in [5, 5.41) is 5.31. The zero-order valence-corrected chi connectivity index (χ0v) is 19.8. The Morgan fingerprint density at radius 3 is 2.62 bits per heavy atom. The first kappa shape index (κ1) is 22.6. The molecule has 0 bridgehead atoms. The van der Waals surface area contributed by atoms with Gasteiger partial charge >= 0.3 is 0 Å². The van der Waals surface area contributed by atoms with Gasteiger partial charge in [0.25, 0.3) is 5.91 Å². The molecule has 1 aliphatic rings. The fraction of sp³-hybridized carbons (Fsp3) is 0.400. The second kappa shape index (κ2) is 9.94. The van der Waals surface area contributed by atoms with Crippen LogP contribution < -0.4 is 5.32 Å². The topological polar surface area (TPSA) is 60.6 Å². The van der Waals surface area contributed by atoms with Crippen molar-refractivity contribution in [3.63, 3.8) is 0 Å². The molecule has 170 valence electrons. The lowest BCUT2D eigenvalue weighted by molar-refractivity contribution is 0.0594. The number of aromatic amines is 1. The minimum Gasteiger partial charge on any atom is -0.383 e. The molecule has 4 rings (SSSR count). The number of hydrogen-bond acceptors (Lipinski definition) is 4. The molecule has 0 radical (unpaired) electrons. The number of piperazine rings is 1. The molecule has 1 aromatic heterocycles. The maximum atomic E-state index is 13.4. The van der Waals surface area contributed by atoms with Crippen LogP contribution in [0.2, 0.25) is 5.02 Å². The van der Waals surface area contributed by atoms with Crippen molar-refractivity contribution < 1.29 is 9.53 Å². The maximum absolute atomic E-state index is 13.4. The number of rotatable bonds is 7. The number of fused-ring (bicyclic) bond motifs is 1. The molecule has 2 N–H and O–H groups in total. The Kier molecular flexibility index (Phi) is 7.04. The van der Waals surface area contributed by atoms with Crippen LogP contribution in [0.1, 0.15) is 27.2 Å². The SMILES string of the molecule is COCCN1CCN(C(=O)c2cc(NCc3ccccc3Cl)c3[nH]c(C)c(C)c3c2)CC1. The van der Waals surface area contributed by atoms with Crippen LogP contribution in [0.3, 0.4) is 0 Å². The highest BCUT2D eigenvalue weighted by molar-refractivity contribution is 6.31. The molecule has 1 aliphatic heterocycles. The number of nitrogens with one attached hydrogen (secondary N) is 2. The van der Waals surface area contributed by atoms with Crippen molar-refractivity contribution in [2.45, 2.75) is 20.4 Å². The van der Waals surface area contributed by atoms with E-state index in [2.05, 4.69) is 29.0 Å². The lowest BCUT2D eigenvalue weighted by Gasteiger charge is -2.34. The van der Waals surface area contributed by atoms with E-state index in [9.17, 15) is 4.79 Å². The van der Waals surface area contributed by atoms with Crippen LogP contribution in [-0.2, 0) is 11.3 Å². The predicted molar refractivity (Wildman–Crippen MR) is 131 cm³/mol. The third-order valence-corrected chi connectivity index (χ3v) is 6.73. The molecule has 0 unspecified atom stereocenters. The van der Waals surface area contributed by atoms with E-state index in [0.29, 0.717) is 12.1 Å². The first-order chi connectivity index (χ1) is 15.5. The number of ether oxygens (including phenoxy) is 1. The van der Waals surface area contributed by atoms with E-state index in [1.165, 1.54) is 5.56 Å². The molecule has 32 heavy (non-hydrogen) atoms. The van der Waals surface area contributed by atoms with Gasteiger partial charge in [-0.3, -0.25) is 9.69 Å². The molecule has 2 heterocycles. The molecule has 1 saturated heterocycles. The Morgan fingerprint density at radius 2 is 1.91 bits per heavy atom. The number of nitrogens with zero attached hydrogens (tertiary/aromatic N) is 2. The van der Waals surface area contributed by atoms with Crippen molar-refractivity contribution in [3.8, 4) is 0 Å². The number of amides is 1. The summed E-state index contributed by atoms with van der Waals surface area (Å²) in [6, 6.07) is 11.8. The van der Waals surface area contributed by atoms with Gasteiger partial charge in [-0.25, -0.2) is 0 Å². The highest BCUT2D eigenvalue weighted by Crippen LogP contribution is 2.31. The molecular formula is C25H31ClN4O2. The van der Waals surface area contributed by atoms with E-state index in [1.54, 1.807) is 7.11 Å². The van der Waals surface area contributed by atoms with Gasteiger partial charge < -0.3 is 19.9 Å². The highest BCUT2D eigenvalue weighted by atomic mass is 35.5. The van der Waals surface area contributed by atoms with Gasteiger partial charge in [0.2, 0.25) is 0 Å². The Morgan fingerprint density at radius 1 is 1.16 bits per heavy atom. The summed E-state index contributed by atoms with van der Waals surface area (Å²) in [5.74, 6) is 0.0809. The molecule has 0 aliphatic carbocycles. The number of hydrogen-bond donors (Lipinski definition) is 2. The molecule has 1 amide bonds. The van der Waals surface area contributed by atoms with Crippen LogP contribution >= 0.6 is 11.6 Å². The zero-order valence-electron chi connectivity index (χ0n) is 19.0. The van der Waals surface area contributed by atoms with E-state index in [-0.39, 0.29) is 5.91 Å². The number of H-pyrrole nitrogens is 1. The highest BCUT2D eigenvalue weighted by Gasteiger charge is 2.23. The van der Waals surface area contributed by atoms with Gasteiger partial charge in [0, 0.05) is 68.0 Å². The van der Waals surface area contributed by atoms with Crippen LogP contribution in [0.4, 0.5) is 5.69 Å². The number of anilines is 1. The van der Waals surface area contributed by atoms with Crippen molar-refractivity contribution in [3.05, 3.63) is 63.8 Å². The van der Waals surface area contributed by atoms with Crippen molar-refractivity contribution in [2.75, 3.05) is 51.8 Å². The molecule has 6 nitrogen and oxygen atoms in total. The number of carbonyl (C=O) groups excluding carboxylic acids is 1. The summed E-state index contributed by atoms with van der Waals surface area (Å²) in [5.41, 5.74) is 5.95. The Labute approximate surface area is 194 Å². The van der Waals surface area contributed by atoms with E-state index in [0.717, 1.165) is 72.2 Å². The van der Waals surface area contributed by atoms with Crippen LogP contribution in [0.5, 0.6) is 0 Å². The summed E-state index contributed by atoms with van der Waals surface area (Å²) in [7, 11) is 1.72. The number of methoxy groups -OCH3 is 1. The molecule has 1 fully saturated rings. The summed E-state index contributed by atoms with van der Waals surface area (Å²) in [4.78, 5) is 21.2. The summed E-state index contributed by atoms with van der Waals surface area (Å²) < 4.78 is 5.18. The maximum Gasteiger partial charge on any atom is 0.254 e. The third-order valence-electron chi connectivity index (χ3n) is 6.36. The van der Waals surface area contributed by atoms with Crippen molar-refractivity contribution in [2.24, 2.45) is 0 Å². The lowest BCUT2D eigenvalue weighted by atomic mass is 10.1. The predicted octanol–water partition coefficient (Wildman–Crippen LogP) is 4.45. The van der Waals surface area contributed by atoms with Gasteiger partial charge in [0.1, 0.15) is 0 Å². The monoisotopic (exact) mass is 454 g/mol. The fourth-order valence-corrected chi connectivity index (χ4v) is 4.43. The molecule has 7 heteroatoms. The van der Waals surface area contributed by atoms with E-state index < -0.39 is 0 Å². The Bertz CT molecular complexity index is 1100. The average molecular weight is 455 g/mol. The van der Waals surface area contributed by atoms with Crippen LogP contribution in [0.25, 0.3) is 10.9 Å². The first-order valence-corrected chi connectivity index (χ1v) is 11.5. The molecular weight excluding hydrogens is 424 g/mol. The minimum atomic E-state index is 0.0809.